The van der Waals surface area contributed by atoms with Crippen molar-refractivity contribution >= 4 is 18.3 Å². The summed E-state index contributed by atoms with van der Waals surface area (Å²) in [6.45, 7) is 2.97. The van der Waals surface area contributed by atoms with Gasteiger partial charge in [-0.15, -0.1) is 12.4 Å². The molecule has 0 atom stereocenters. The monoisotopic (exact) mass is 244 g/mol. The van der Waals surface area contributed by atoms with Crippen LogP contribution >= 0.6 is 12.4 Å². The third kappa shape index (κ3) is 5.58. The van der Waals surface area contributed by atoms with Crippen LogP contribution in [0.4, 0.5) is 0 Å². The standard InChI is InChI=1S/C11H16N2O2.ClH/c1-9-2-4-10(5-3-9)15-7-6-13-11(14)8-12;/h2-5H,6-8,12H2,1H3,(H,13,14);1H. The lowest BCUT2D eigenvalue weighted by atomic mass is 10.2. The summed E-state index contributed by atoms with van der Waals surface area (Å²) in [5, 5.41) is 2.63. The van der Waals surface area contributed by atoms with Crippen molar-refractivity contribution in [3.63, 3.8) is 0 Å². The highest BCUT2D eigenvalue weighted by molar-refractivity contribution is 5.85. The molecular weight excluding hydrogens is 228 g/mol. The molecule has 0 aliphatic heterocycles. The Balaban J connectivity index is 0.00000225. The number of carbonyl (C=O) groups excluding carboxylic acids is 1. The minimum Gasteiger partial charge on any atom is -0.492 e. The number of nitrogens with one attached hydrogen (secondary N) is 1. The zero-order chi connectivity index (χ0) is 11.1. The van der Waals surface area contributed by atoms with Gasteiger partial charge in [0.1, 0.15) is 12.4 Å². The van der Waals surface area contributed by atoms with Crippen molar-refractivity contribution in [2.24, 2.45) is 5.73 Å². The molecular formula is C11H17ClN2O2. The molecule has 0 saturated heterocycles. The van der Waals surface area contributed by atoms with Crippen molar-refractivity contribution in [3.05, 3.63) is 29.8 Å². The zero-order valence-corrected chi connectivity index (χ0v) is 10.0. The summed E-state index contributed by atoms with van der Waals surface area (Å²) in [6, 6.07) is 7.77. The van der Waals surface area contributed by atoms with Gasteiger partial charge in [-0.05, 0) is 19.1 Å². The van der Waals surface area contributed by atoms with E-state index in [0.29, 0.717) is 13.2 Å². The maximum absolute atomic E-state index is 10.8. The summed E-state index contributed by atoms with van der Waals surface area (Å²) < 4.78 is 5.40. The molecule has 1 amide bonds. The number of halogens is 1. The van der Waals surface area contributed by atoms with E-state index in [1.54, 1.807) is 0 Å². The van der Waals surface area contributed by atoms with Crippen LogP contribution in [-0.2, 0) is 4.79 Å². The minimum atomic E-state index is -0.164. The first kappa shape index (κ1) is 14.7. The normalized spacial score (nSPS) is 9.12. The van der Waals surface area contributed by atoms with Crippen molar-refractivity contribution in [2.45, 2.75) is 6.92 Å². The number of rotatable bonds is 5. The number of nitrogens with two attached hydrogens (primary N) is 1. The van der Waals surface area contributed by atoms with E-state index >= 15 is 0 Å². The quantitative estimate of drug-likeness (QED) is 0.756. The summed E-state index contributed by atoms with van der Waals surface area (Å²) in [6.07, 6.45) is 0. The SMILES string of the molecule is Cc1ccc(OCCNC(=O)CN)cc1.Cl. The zero-order valence-electron chi connectivity index (χ0n) is 9.23. The molecule has 0 bridgehead atoms. The summed E-state index contributed by atoms with van der Waals surface area (Å²) in [7, 11) is 0. The van der Waals surface area contributed by atoms with E-state index in [-0.39, 0.29) is 24.9 Å². The number of carbonyl (C=O) groups is 1. The molecule has 3 N–H and O–H groups in total. The number of benzene rings is 1. The van der Waals surface area contributed by atoms with Crippen LogP contribution in [0, 0.1) is 6.92 Å². The Kier molecular flexibility index (Phi) is 7.33. The second-order valence-corrected chi connectivity index (χ2v) is 3.22. The third-order valence-electron chi connectivity index (χ3n) is 1.90. The van der Waals surface area contributed by atoms with Gasteiger partial charge in [0.25, 0.3) is 0 Å². The molecule has 0 radical (unpaired) electrons. The average Bonchev–Trinajstić information content (AvgIpc) is 2.26. The first-order chi connectivity index (χ1) is 7.22. The molecule has 0 fully saturated rings. The van der Waals surface area contributed by atoms with Gasteiger partial charge in [0.2, 0.25) is 5.91 Å². The summed E-state index contributed by atoms with van der Waals surface area (Å²) in [4.78, 5) is 10.8. The van der Waals surface area contributed by atoms with E-state index < -0.39 is 0 Å². The van der Waals surface area contributed by atoms with Gasteiger partial charge in [0.05, 0.1) is 13.1 Å². The second-order valence-electron chi connectivity index (χ2n) is 3.22. The lowest BCUT2D eigenvalue weighted by Gasteiger charge is -2.07. The molecule has 0 unspecified atom stereocenters. The Hall–Kier alpha value is -1.26. The van der Waals surface area contributed by atoms with E-state index in [0.717, 1.165) is 5.75 Å². The molecule has 5 heteroatoms. The van der Waals surface area contributed by atoms with Crippen LogP contribution in [0.2, 0.25) is 0 Å². The van der Waals surface area contributed by atoms with Gasteiger partial charge in [0, 0.05) is 0 Å². The molecule has 90 valence electrons. The Morgan fingerprint density at radius 2 is 2.00 bits per heavy atom. The van der Waals surface area contributed by atoms with E-state index in [2.05, 4.69) is 5.32 Å². The third-order valence-corrected chi connectivity index (χ3v) is 1.90. The highest BCUT2D eigenvalue weighted by Gasteiger charge is 1.96. The van der Waals surface area contributed by atoms with Gasteiger partial charge in [-0.3, -0.25) is 4.79 Å². The number of hydrogen-bond donors (Lipinski definition) is 2. The van der Waals surface area contributed by atoms with Gasteiger partial charge in [0.15, 0.2) is 0 Å². The first-order valence-electron chi connectivity index (χ1n) is 4.88. The van der Waals surface area contributed by atoms with Crippen molar-refractivity contribution in [2.75, 3.05) is 19.7 Å². The average molecular weight is 245 g/mol. The minimum absolute atomic E-state index is 0. The van der Waals surface area contributed by atoms with Gasteiger partial charge >= 0.3 is 0 Å². The van der Waals surface area contributed by atoms with Crippen molar-refractivity contribution in [3.8, 4) is 5.75 Å². The number of hydrogen-bond acceptors (Lipinski definition) is 3. The molecule has 16 heavy (non-hydrogen) atoms. The molecule has 4 nitrogen and oxygen atoms in total. The molecule has 1 aromatic rings. The predicted octanol–water partition coefficient (Wildman–Crippen LogP) is 0.871. The maximum Gasteiger partial charge on any atom is 0.233 e. The molecule has 0 saturated carbocycles. The summed E-state index contributed by atoms with van der Waals surface area (Å²) in [5.41, 5.74) is 6.32. The molecule has 0 heterocycles. The van der Waals surface area contributed by atoms with Crippen LogP contribution in [0.15, 0.2) is 24.3 Å². The number of amides is 1. The lowest BCUT2D eigenvalue weighted by Crippen LogP contribution is -2.33. The van der Waals surface area contributed by atoms with E-state index in [1.165, 1.54) is 5.56 Å². The predicted molar refractivity (Wildman–Crippen MR) is 66.0 cm³/mol. The number of aryl methyl sites for hydroxylation is 1. The van der Waals surface area contributed by atoms with Gasteiger partial charge in [-0.2, -0.15) is 0 Å². The van der Waals surface area contributed by atoms with Crippen LogP contribution < -0.4 is 15.8 Å². The fraction of sp³-hybridized carbons (Fsp3) is 0.364. The van der Waals surface area contributed by atoms with Crippen LogP contribution in [0.5, 0.6) is 5.75 Å². The topological polar surface area (TPSA) is 64.3 Å². The van der Waals surface area contributed by atoms with Crippen LogP contribution in [-0.4, -0.2) is 25.6 Å². The van der Waals surface area contributed by atoms with E-state index in [4.69, 9.17) is 10.5 Å². The lowest BCUT2D eigenvalue weighted by molar-refractivity contribution is -0.119. The van der Waals surface area contributed by atoms with Crippen molar-refractivity contribution in [1.82, 2.24) is 5.32 Å². The summed E-state index contributed by atoms with van der Waals surface area (Å²) >= 11 is 0. The fourth-order valence-corrected chi connectivity index (χ4v) is 1.07. The van der Waals surface area contributed by atoms with Crippen molar-refractivity contribution in [1.29, 1.82) is 0 Å². The van der Waals surface area contributed by atoms with E-state index in [9.17, 15) is 4.79 Å². The Morgan fingerprint density at radius 3 is 2.56 bits per heavy atom. The first-order valence-corrected chi connectivity index (χ1v) is 4.88. The Morgan fingerprint density at radius 1 is 1.38 bits per heavy atom. The molecule has 0 aliphatic rings. The fourth-order valence-electron chi connectivity index (χ4n) is 1.07. The van der Waals surface area contributed by atoms with Crippen molar-refractivity contribution < 1.29 is 9.53 Å². The summed E-state index contributed by atoms with van der Waals surface area (Å²) in [5.74, 6) is 0.644. The smallest absolute Gasteiger partial charge is 0.233 e. The maximum atomic E-state index is 10.8. The highest BCUT2D eigenvalue weighted by atomic mass is 35.5. The number of ether oxygens (including phenoxy) is 1. The van der Waals surface area contributed by atoms with Gasteiger partial charge in [-0.1, -0.05) is 17.7 Å². The van der Waals surface area contributed by atoms with Gasteiger partial charge in [-0.25, -0.2) is 0 Å². The van der Waals surface area contributed by atoms with Gasteiger partial charge < -0.3 is 15.8 Å². The molecule has 0 aliphatic carbocycles. The van der Waals surface area contributed by atoms with E-state index in [1.807, 2.05) is 31.2 Å². The van der Waals surface area contributed by atoms with Crippen LogP contribution in [0.1, 0.15) is 5.56 Å². The molecule has 1 rings (SSSR count). The largest absolute Gasteiger partial charge is 0.492 e. The molecule has 0 spiro atoms. The molecule has 0 aromatic heterocycles. The Bertz CT molecular complexity index is 314. The van der Waals surface area contributed by atoms with Crippen LogP contribution in [0.3, 0.4) is 0 Å². The van der Waals surface area contributed by atoms with Crippen LogP contribution in [0.25, 0.3) is 0 Å². The highest BCUT2D eigenvalue weighted by Crippen LogP contribution is 2.10. The second kappa shape index (κ2) is 7.96. The Labute approximate surface area is 102 Å². The molecule has 1 aromatic carbocycles.